The molecule has 1 aromatic rings. The van der Waals surface area contributed by atoms with E-state index in [1.165, 1.54) is 6.92 Å². The van der Waals surface area contributed by atoms with Crippen molar-refractivity contribution in [3.63, 3.8) is 0 Å². The number of ether oxygens (including phenoxy) is 1. The van der Waals surface area contributed by atoms with Crippen LogP contribution < -0.4 is 10.1 Å². The fourth-order valence-electron chi connectivity index (χ4n) is 2.88. The lowest BCUT2D eigenvalue weighted by Gasteiger charge is -2.45. The second kappa shape index (κ2) is 3.90. The maximum absolute atomic E-state index is 12.1. The van der Waals surface area contributed by atoms with Crippen LogP contribution in [0.4, 0.5) is 0 Å². The Morgan fingerprint density at radius 2 is 2.32 bits per heavy atom. The van der Waals surface area contributed by atoms with Crippen molar-refractivity contribution in [3.8, 4) is 5.75 Å². The first-order valence-electron chi connectivity index (χ1n) is 6.10. The molecule has 1 aromatic carbocycles. The standard InChI is InChI=1S/C14H14ClNO3/c1-7(17)12-10-6-14(2,16-13(12)18)19-11-4-3-8(15)5-9(10)11/h3-5,10,17H,6H2,1-2H3,(H,16,18)/b12-7+. The highest BCUT2D eigenvalue weighted by molar-refractivity contribution is 6.30. The fourth-order valence-corrected chi connectivity index (χ4v) is 3.07. The summed E-state index contributed by atoms with van der Waals surface area (Å²) < 4.78 is 5.85. The fraction of sp³-hybridized carbons (Fsp3) is 0.357. The lowest BCUT2D eigenvalue weighted by Crippen LogP contribution is -2.58. The normalized spacial score (nSPS) is 31.1. The van der Waals surface area contributed by atoms with Crippen LogP contribution in [0.3, 0.4) is 0 Å². The van der Waals surface area contributed by atoms with Gasteiger partial charge in [0.25, 0.3) is 5.91 Å². The van der Waals surface area contributed by atoms with Crippen LogP contribution in [0.25, 0.3) is 0 Å². The van der Waals surface area contributed by atoms with Crippen molar-refractivity contribution >= 4 is 17.5 Å². The third-order valence-corrected chi connectivity index (χ3v) is 3.87. The summed E-state index contributed by atoms with van der Waals surface area (Å²) in [7, 11) is 0. The molecule has 0 radical (unpaired) electrons. The number of nitrogens with one attached hydrogen (secondary N) is 1. The van der Waals surface area contributed by atoms with Crippen LogP contribution in [0.1, 0.15) is 31.7 Å². The number of hydrogen-bond donors (Lipinski definition) is 2. The van der Waals surface area contributed by atoms with E-state index in [0.29, 0.717) is 22.8 Å². The summed E-state index contributed by atoms with van der Waals surface area (Å²) >= 11 is 6.02. The number of hydrogen-bond acceptors (Lipinski definition) is 3. The second-order valence-electron chi connectivity index (χ2n) is 5.22. The van der Waals surface area contributed by atoms with Crippen LogP contribution in [0.5, 0.6) is 5.75 Å². The van der Waals surface area contributed by atoms with Gasteiger partial charge in [0.2, 0.25) is 0 Å². The number of allylic oxidation sites excluding steroid dienone is 1. The maximum atomic E-state index is 12.1. The number of aliphatic hydroxyl groups excluding tert-OH is 1. The molecule has 0 saturated carbocycles. The number of carbonyl (C=O) groups excluding carboxylic acids is 1. The molecule has 5 heteroatoms. The quantitative estimate of drug-likeness (QED) is 0.567. The van der Waals surface area contributed by atoms with Gasteiger partial charge in [0, 0.05) is 22.9 Å². The van der Waals surface area contributed by atoms with Crippen molar-refractivity contribution in [1.82, 2.24) is 5.32 Å². The largest absolute Gasteiger partial charge is 0.512 e. The average molecular weight is 280 g/mol. The molecule has 0 aliphatic carbocycles. The van der Waals surface area contributed by atoms with Gasteiger partial charge in [-0.25, -0.2) is 0 Å². The number of amides is 1. The molecular formula is C14H14ClNO3. The van der Waals surface area contributed by atoms with Gasteiger partial charge < -0.3 is 15.2 Å². The Morgan fingerprint density at radius 1 is 1.58 bits per heavy atom. The van der Waals surface area contributed by atoms with E-state index in [4.69, 9.17) is 16.3 Å². The summed E-state index contributed by atoms with van der Waals surface area (Å²) in [6.07, 6.45) is 0.583. The summed E-state index contributed by atoms with van der Waals surface area (Å²) in [6.45, 7) is 3.36. The maximum Gasteiger partial charge on any atom is 0.254 e. The molecule has 2 aliphatic heterocycles. The zero-order chi connectivity index (χ0) is 13.8. The number of rotatable bonds is 0. The SMILES string of the molecule is C/C(O)=C1\C(=O)NC2(C)CC1c1cc(Cl)ccc1O2. The van der Waals surface area contributed by atoms with E-state index in [2.05, 4.69) is 5.32 Å². The van der Waals surface area contributed by atoms with Gasteiger partial charge in [-0.3, -0.25) is 4.79 Å². The predicted octanol–water partition coefficient (Wildman–Crippen LogP) is 2.88. The number of piperidine rings is 1. The van der Waals surface area contributed by atoms with Gasteiger partial charge in [0.15, 0.2) is 5.72 Å². The van der Waals surface area contributed by atoms with Crippen molar-refractivity contribution in [2.45, 2.75) is 31.9 Å². The van der Waals surface area contributed by atoms with E-state index >= 15 is 0 Å². The van der Waals surface area contributed by atoms with Crippen LogP contribution in [-0.2, 0) is 4.79 Å². The molecular weight excluding hydrogens is 266 g/mol. The van der Waals surface area contributed by atoms with E-state index < -0.39 is 5.72 Å². The Bertz CT molecular complexity index is 607. The third kappa shape index (κ3) is 1.87. The van der Waals surface area contributed by atoms with Gasteiger partial charge >= 0.3 is 0 Å². The van der Waals surface area contributed by atoms with Crippen molar-refractivity contribution in [3.05, 3.63) is 40.1 Å². The van der Waals surface area contributed by atoms with Gasteiger partial charge in [-0.2, -0.15) is 0 Å². The zero-order valence-electron chi connectivity index (χ0n) is 10.7. The van der Waals surface area contributed by atoms with Gasteiger partial charge in [0.05, 0.1) is 11.3 Å². The first-order valence-corrected chi connectivity index (χ1v) is 6.48. The zero-order valence-corrected chi connectivity index (χ0v) is 11.4. The minimum atomic E-state index is -0.735. The number of halogens is 1. The topological polar surface area (TPSA) is 58.6 Å². The van der Waals surface area contributed by atoms with E-state index in [1.54, 1.807) is 18.2 Å². The predicted molar refractivity (Wildman–Crippen MR) is 71.3 cm³/mol. The highest BCUT2D eigenvalue weighted by atomic mass is 35.5. The van der Waals surface area contributed by atoms with Crippen molar-refractivity contribution in [2.75, 3.05) is 0 Å². The van der Waals surface area contributed by atoms with Crippen LogP contribution in [-0.4, -0.2) is 16.7 Å². The first-order chi connectivity index (χ1) is 8.89. The summed E-state index contributed by atoms with van der Waals surface area (Å²) in [6, 6.07) is 5.34. The van der Waals surface area contributed by atoms with Gasteiger partial charge in [-0.05, 0) is 32.0 Å². The van der Waals surface area contributed by atoms with E-state index in [0.717, 1.165) is 5.56 Å². The molecule has 2 aliphatic rings. The van der Waals surface area contributed by atoms with E-state index in [-0.39, 0.29) is 17.6 Å². The Morgan fingerprint density at radius 3 is 3.00 bits per heavy atom. The molecule has 2 unspecified atom stereocenters. The number of benzene rings is 1. The van der Waals surface area contributed by atoms with Gasteiger partial charge in [-0.1, -0.05) is 11.6 Å². The van der Waals surface area contributed by atoms with Crippen molar-refractivity contribution in [2.24, 2.45) is 0 Å². The van der Waals surface area contributed by atoms with E-state index in [9.17, 15) is 9.90 Å². The van der Waals surface area contributed by atoms with Crippen LogP contribution in [0.2, 0.25) is 5.02 Å². The Balaban J connectivity index is 2.22. The van der Waals surface area contributed by atoms with Crippen LogP contribution in [0.15, 0.2) is 29.5 Å². The Hall–Kier alpha value is -1.68. The summed E-state index contributed by atoms with van der Waals surface area (Å²) in [4.78, 5) is 12.1. The highest BCUT2D eigenvalue weighted by Crippen LogP contribution is 2.47. The molecule has 3 rings (SSSR count). The summed E-state index contributed by atoms with van der Waals surface area (Å²) in [5.41, 5.74) is 0.508. The molecule has 100 valence electrons. The van der Waals surface area contributed by atoms with Crippen LogP contribution >= 0.6 is 11.6 Å². The minimum absolute atomic E-state index is 0.0392. The van der Waals surface area contributed by atoms with Gasteiger partial charge in [-0.15, -0.1) is 0 Å². The summed E-state index contributed by atoms with van der Waals surface area (Å²) in [5.74, 6) is 0.259. The molecule has 0 aromatic heterocycles. The molecule has 2 atom stereocenters. The Kier molecular flexibility index (Phi) is 2.54. The van der Waals surface area contributed by atoms with Crippen LogP contribution in [0, 0.1) is 0 Å². The number of carbonyl (C=O) groups is 1. The highest BCUT2D eigenvalue weighted by Gasteiger charge is 2.47. The monoisotopic (exact) mass is 279 g/mol. The van der Waals surface area contributed by atoms with Crippen molar-refractivity contribution < 1.29 is 14.6 Å². The molecule has 19 heavy (non-hydrogen) atoms. The average Bonchev–Trinajstić information content (AvgIpc) is 2.28. The number of fused-ring (bicyclic) bond motifs is 4. The molecule has 2 heterocycles. The Labute approximate surface area is 116 Å². The first kappa shape index (κ1) is 12.4. The van der Waals surface area contributed by atoms with E-state index in [1.807, 2.05) is 6.92 Å². The minimum Gasteiger partial charge on any atom is -0.512 e. The molecule has 1 amide bonds. The lowest BCUT2D eigenvalue weighted by molar-refractivity contribution is -0.127. The second-order valence-corrected chi connectivity index (χ2v) is 5.66. The lowest BCUT2D eigenvalue weighted by atomic mass is 9.78. The van der Waals surface area contributed by atoms with Gasteiger partial charge in [0.1, 0.15) is 5.75 Å². The number of aliphatic hydroxyl groups is 1. The summed E-state index contributed by atoms with van der Waals surface area (Å²) in [5, 5.41) is 13.2. The molecule has 1 fully saturated rings. The molecule has 2 N–H and O–H groups in total. The molecule has 2 bridgehead atoms. The molecule has 1 saturated heterocycles. The molecule has 0 spiro atoms. The third-order valence-electron chi connectivity index (χ3n) is 3.64. The van der Waals surface area contributed by atoms with Crippen molar-refractivity contribution in [1.29, 1.82) is 0 Å². The smallest absolute Gasteiger partial charge is 0.254 e. The molecule has 4 nitrogen and oxygen atoms in total.